The van der Waals surface area contributed by atoms with Gasteiger partial charge in [0.05, 0.1) is 10.4 Å². The molecule has 1 heterocycles. The summed E-state index contributed by atoms with van der Waals surface area (Å²) >= 11 is 1.48. The van der Waals surface area contributed by atoms with Gasteiger partial charge in [-0.05, 0) is 54.2 Å². The van der Waals surface area contributed by atoms with Crippen LogP contribution in [0.5, 0.6) is 0 Å². The number of hydrogen-bond donors (Lipinski definition) is 1. The molecule has 0 spiro atoms. The molecule has 1 aliphatic rings. The average molecular weight is 393 g/mol. The highest BCUT2D eigenvalue weighted by Gasteiger charge is 2.25. The van der Waals surface area contributed by atoms with Gasteiger partial charge in [0.25, 0.3) is 0 Å². The molecule has 0 fully saturated rings. The number of benzene rings is 2. The zero-order valence-electron chi connectivity index (χ0n) is 14.8. The minimum atomic E-state index is -0.770. The minimum absolute atomic E-state index is 0.00205. The number of fused-ring (bicyclic) bond motifs is 1. The maximum atomic E-state index is 13.6. The third kappa shape index (κ3) is 3.35. The second-order valence-corrected chi connectivity index (χ2v) is 7.56. The summed E-state index contributed by atoms with van der Waals surface area (Å²) in [4.78, 5) is 16.6. The monoisotopic (exact) mass is 393 g/mol. The van der Waals surface area contributed by atoms with E-state index in [9.17, 15) is 9.18 Å². The first-order valence-electron chi connectivity index (χ1n) is 8.81. The topological polar surface area (TPSA) is 89.0 Å². The number of nitriles is 1. The van der Waals surface area contributed by atoms with Crippen molar-refractivity contribution in [1.29, 1.82) is 5.26 Å². The first kappa shape index (κ1) is 18.1. The number of nitrogens with zero attached hydrogens (tertiary/aromatic N) is 2. The Bertz CT molecular complexity index is 1100. The van der Waals surface area contributed by atoms with E-state index >= 15 is 0 Å². The van der Waals surface area contributed by atoms with Gasteiger partial charge in [0.1, 0.15) is 23.0 Å². The third-order valence-electron chi connectivity index (χ3n) is 4.82. The summed E-state index contributed by atoms with van der Waals surface area (Å²) < 4.78 is 18.9. The first-order chi connectivity index (χ1) is 13.6. The van der Waals surface area contributed by atoms with Crippen molar-refractivity contribution in [2.75, 3.05) is 0 Å². The largest absolute Gasteiger partial charge is 0.442 e. The number of nitrogens with two attached hydrogens (primary N) is 1. The van der Waals surface area contributed by atoms with Crippen LogP contribution in [-0.2, 0) is 11.2 Å². The number of ether oxygens (including phenoxy) is 1. The lowest BCUT2D eigenvalue weighted by atomic mass is 9.86. The predicted molar refractivity (Wildman–Crippen MR) is 104 cm³/mol. The number of primary amides is 1. The van der Waals surface area contributed by atoms with Crippen LogP contribution in [0.4, 0.5) is 9.18 Å². The van der Waals surface area contributed by atoms with Crippen LogP contribution in [0.1, 0.15) is 35.6 Å². The Morgan fingerprint density at radius 3 is 3.00 bits per heavy atom. The van der Waals surface area contributed by atoms with Gasteiger partial charge in [-0.2, -0.15) is 5.26 Å². The zero-order valence-corrected chi connectivity index (χ0v) is 15.6. The Morgan fingerprint density at radius 2 is 2.21 bits per heavy atom. The van der Waals surface area contributed by atoms with Crippen molar-refractivity contribution in [3.8, 4) is 27.1 Å². The second kappa shape index (κ2) is 7.41. The molecule has 1 atom stereocenters. The van der Waals surface area contributed by atoms with Gasteiger partial charge in [-0.3, -0.25) is 0 Å². The maximum absolute atomic E-state index is 13.6. The highest BCUT2D eigenvalue weighted by atomic mass is 32.1. The van der Waals surface area contributed by atoms with Gasteiger partial charge in [-0.15, -0.1) is 11.3 Å². The number of halogens is 1. The number of carbonyl (C=O) groups is 1. The molecule has 0 saturated heterocycles. The van der Waals surface area contributed by atoms with E-state index in [0.29, 0.717) is 10.6 Å². The van der Waals surface area contributed by atoms with Crippen LogP contribution in [0, 0.1) is 17.1 Å². The smallest absolute Gasteiger partial charge is 0.405 e. The SMILES string of the molecule is N#Cc1cc(-c2ncc(-c3cccc4c3CCCC4OC(N)=O)s2)ccc1F. The molecule has 1 unspecified atom stereocenters. The first-order valence-corrected chi connectivity index (χ1v) is 9.62. The Kier molecular flexibility index (Phi) is 4.80. The minimum Gasteiger partial charge on any atom is -0.442 e. The van der Waals surface area contributed by atoms with E-state index in [1.54, 1.807) is 12.3 Å². The molecule has 1 aromatic heterocycles. The fourth-order valence-corrected chi connectivity index (χ4v) is 4.54. The Balaban J connectivity index is 1.72. The molecule has 140 valence electrons. The van der Waals surface area contributed by atoms with Gasteiger partial charge >= 0.3 is 6.09 Å². The number of carbonyl (C=O) groups excluding carboxylic acids is 1. The van der Waals surface area contributed by atoms with E-state index in [-0.39, 0.29) is 11.7 Å². The highest BCUT2D eigenvalue weighted by molar-refractivity contribution is 7.18. The van der Waals surface area contributed by atoms with Crippen molar-refractivity contribution in [1.82, 2.24) is 4.98 Å². The van der Waals surface area contributed by atoms with Gasteiger partial charge in [0, 0.05) is 11.8 Å². The lowest BCUT2D eigenvalue weighted by Gasteiger charge is -2.26. The predicted octanol–water partition coefficient (Wildman–Crippen LogP) is 4.96. The molecule has 1 aliphatic carbocycles. The van der Waals surface area contributed by atoms with E-state index in [2.05, 4.69) is 4.98 Å². The maximum Gasteiger partial charge on any atom is 0.405 e. The molecule has 2 aromatic carbocycles. The molecule has 0 aliphatic heterocycles. The molecule has 1 amide bonds. The Hall–Kier alpha value is -3.24. The van der Waals surface area contributed by atoms with Crippen LogP contribution in [0.15, 0.2) is 42.6 Å². The van der Waals surface area contributed by atoms with Gasteiger partial charge in [0.15, 0.2) is 0 Å². The van der Waals surface area contributed by atoms with Gasteiger partial charge in [0.2, 0.25) is 0 Å². The summed E-state index contributed by atoms with van der Waals surface area (Å²) in [6.07, 6.45) is 3.21. The van der Waals surface area contributed by atoms with Crippen LogP contribution in [-0.4, -0.2) is 11.1 Å². The molecule has 0 saturated carbocycles. The van der Waals surface area contributed by atoms with Crippen molar-refractivity contribution in [2.45, 2.75) is 25.4 Å². The van der Waals surface area contributed by atoms with E-state index in [4.69, 9.17) is 15.7 Å². The summed E-state index contributed by atoms with van der Waals surface area (Å²) in [5.74, 6) is -0.541. The van der Waals surface area contributed by atoms with E-state index < -0.39 is 11.9 Å². The summed E-state index contributed by atoms with van der Waals surface area (Å²) in [6, 6.07) is 12.2. The number of thiazole rings is 1. The van der Waals surface area contributed by atoms with E-state index in [1.165, 1.54) is 23.5 Å². The quantitative estimate of drug-likeness (QED) is 0.681. The van der Waals surface area contributed by atoms with Crippen LogP contribution in [0.3, 0.4) is 0 Å². The van der Waals surface area contributed by atoms with Crippen LogP contribution in [0.25, 0.3) is 21.0 Å². The summed E-state index contributed by atoms with van der Waals surface area (Å²) in [7, 11) is 0. The van der Waals surface area contributed by atoms with Gasteiger partial charge in [-0.25, -0.2) is 14.2 Å². The summed E-state index contributed by atoms with van der Waals surface area (Å²) in [6.45, 7) is 0. The fraction of sp³-hybridized carbons (Fsp3) is 0.190. The number of hydrogen-bond acceptors (Lipinski definition) is 5. The van der Waals surface area contributed by atoms with Crippen LogP contribution >= 0.6 is 11.3 Å². The van der Waals surface area contributed by atoms with Gasteiger partial charge in [-0.1, -0.05) is 18.2 Å². The normalized spacial score (nSPS) is 15.5. The summed E-state index contributed by atoms with van der Waals surface area (Å²) in [5, 5.41) is 9.75. The van der Waals surface area contributed by atoms with Crippen molar-refractivity contribution in [2.24, 2.45) is 5.73 Å². The molecule has 7 heteroatoms. The molecular formula is C21H16FN3O2S. The van der Waals surface area contributed by atoms with E-state index in [1.807, 2.05) is 24.3 Å². The van der Waals surface area contributed by atoms with Crippen molar-refractivity contribution in [3.05, 3.63) is 65.1 Å². The Morgan fingerprint density at radius 1 is 1.36 bits per heavy atom. The second-order valence-electron chi connectivity index (χ2n) is 6.53. The van der Waals surface area contributed by atoms with Crippen molar-refractivity contribution in [3.63, 3.8) is 0 Å². The zero-order chi connectivity index (χ0) is 19.7. The highest BCUT2D eigenvalue weighted by Crippen LogP contribution is 2.40. The number of aromatic nitrogens is 1. The van der Waals surface area contributed by atoms with Crippen molar-refractivity contribution < 1.29 is 13.9 Å². The molecule has 0 bridgehead atoms. The molecule has 5 nitrogen and oxygen atoms in total. The van der Waals surface area contributed by atoms with Gasteiger partial charge < -0.3 is 10.5 Å². The van der Waals surface area contributed by atoms with Crippen LogP contribution in [0.2, 0.25) is 0 Å². The number of rotatable bonds is 3. The molecule has 2 N–H and O–H groups in total. The molecule has 0 radical (unpaired) electrons. The summed E-state index contributed by atoms with van der Waals surface area (Å²) in [5.41, 5.74) is 9.07. The lowest BCUT2D eigenvalue weighted by Crippen LogP contribution is -2.21. The lowest BCUT2D eigenvalue weighted by molar-refractivity contribution is 0.0960. The fourth-order valence-electron chi connectivity index (χ4n) is 3.57. The van der Waals surface area contributed by atoms with E-state index in [0.717, 1.165) is 40.8 Å². The third-order valence-corrected chi connectivity index (χ3v) is 5.90. The average Bonchev–Trinajstić information content (AvgIpc) is 3.18. The standard InChI is InChI=1S/C21H16FN3O2S/c22-17-8-7-12(9-13(17)10-23)20-25-11-19(28-20)16-5-1-4-15-14(16)3-2-6-18(15)27-21(24)26/h1,4-5,7-9,11,18H,2-3,6H2,(H2,24,26). The van der Waals surface area contributed by atoms with Crippen molar-refractivity contribution >= 4 is 17.4 Å². The molecule has 3 aromatic rings. The number of amides is 1. The molecular weight excluding hydrogens is 377 g/mol. The van der Waals surface area contributed by atoms with Crippen LogP contribution < -0.4 is 5.73 Å². The Labute approximate surface area is 165 Å². The molecule has 4 rings (SSSR count). The molecule has 28 heavy (non-hydrogen) atoms.